The average molecular weight is 336 g/mol. The molecular weight excluding hydrogens is 304 g/mol. The molecule has 0 bridgehead atoms. The molecule has 136 valence electrons. The van der Waals surface area contributed by atoms with E-state index in [0.717, 1.165) is 64.2 Å². The van der Waals surface area contributed by atoms with E-state index in [9.17, 15) is 9.59 Å². The molecule has 4 nitrogen and oxygen atoms in total. The summed E-state index contributed by atoms with van der Waals surface area (Å²) in [5.41, 5.74) is -0.963. The van der Waals surface area contributed by atoms with Gasteiger partial charge in [0.25, 0.3) is 0 Å². The highest BCUT2D eigenvalue weighted by molar-refractivity contribution is 5.74. The van der Waals surface area contributed by atoms with Gasteiger partial charge in [0.15, 0.2) is 0 Å². The maximum Gasteiger partial charge on any atom is 0.309 e. The largest absolute Gasteiger partial charge is 0.481 e. The number of hydrogen-bond acceptors (Lipinski definition) is 2. The molecule has 0 radical (unpaired) electrons. The molecule has 0 aromatic rings. The van der Waals surface area contributed by atoms with E-state index in [1.165, 1.54) is 0 Å². The Hall–Kier alpha value is -1.58. The second-order valence-corrected chi connectivity index (χ2v) is 7.54. The van der Waals surface area contributed by atoms with Crippen molar-refractivity contribution in [3.05, 3.63) is 24.3 Å². The summed E-state index contributed by atoms with van der Waals surface area (Å²) in [6.45, 7) is 3.71. The molecule has 0 amide bonds. The van der Waals surface area contributed by atoms with Crippen LogP contribution < -0.4 is 0 Å². The molecule has 0 fully saturated rings. The second kappa shape index (κ2) is 9.65. The zero-order valence-corrected chi connectivity index (χ0v) is 15.1. The van der Waals surface area contributed by atoms with Crippen molar-refractivity contribution in [3.8, 4) is 0 Å². The minimum atomic E-state index is -0.641. The molecule has 2 aliphatic rings. The Morgan fingerprint density at radius 2 is 1.00 bits per heavy atom. The van der Waals surface area contributed by atoms with Gasteiger partial charge < -0.3 is 10.2 Å². The lowest BCUT2D eigenvalue weighted by Crippen LogP contribution is -2.27. The van der Waals surface area contributed by atoms with Crippen molar-refractivity contribution >= 4 is 11.9 Å². The molecule has 2 N–H and O–H groups in total. The molecule has 0 saturated carbocycles. The summed E-state index contributed by atoms with van der Waals surface area (Å²) in [7, 11) is 0. The van der Waals surface area contributed by atoms with Gasteiger partial charge in [0.1, 0.15) is 0 Å². The van der Waals surface area contributed by atoms with E-state index in [4.69, 9.17) is 10.2 Å². The second-order valence-electron chi connectivity index (χ2n) is 7.54. The van der Waals surface area contributed by atoms with E-state index in [0.29, 0.717) is 0 Å². The number of rotatable bonds is 2. The number of allylic oxidation sites excluding steroid dienone is 4. The number of carbonyl (C=O) groups is 2. The summed E-state index contributed by atoms with van der Waals surface area (Å²) < 4.78 is 0. The van der Waals surface area contributed by atoms with Gasteiger partial charge in [0, 0.05) is 0 Å². The van der Waals surface area contributed by atoms with Crippen LogP contribution in [0.1, 0.15) is 78.1 Å². The first-order valence-electron chi connectivity index (χ1n) is 9.07. The summed E-state index contributed by atoms with van der Waals surface area (Å²) >= 11 is 0. The number of aliphatic carboxylic acids is 2. The van der Waals surface area contributed by atoms with Gasteiger partial charge in [-0.1, -0.05) is 24.3 Å². The summed E-state index contributed by atoms with van der Waals surface area (Å²) in [6.07, 6.45) is 17.6. The predicted octanol–water partition coefficient (Wildman–Crippen LogP) is 5.20. The zero-order chi connectivity index (χ0) is 18.1. The van der Waals surface area contributed by atoms with Crippen LogP contribution in [0.4, 0.5) is 0 Å². The topological polar surface area (TPSA) is 74.6 Å². The van der Waals surface area contributed by atoms with Gasteiger partial charge in [-0.3, -0.25) is 9.59 Å². The van der Waals surface area contributed by atoms with Crippen LogP contribution in [0, 0.1) is 10.8 Å². The summed E-state index contributed by atoms with van der Waals surface area (Å²) in [5.74, 6) is -1.28. The van der Waals surface area contributed by atoms with Crippen molar-refractivity contribution in [2.45, 2.75) is 78.1 Å². The Morgan fingerprint density at radius 3 is 1.33 bits per heavy atom. The van der Waals surface area contributed by atoms with Gasteiger partial charge in [0.05, 0.1) is 10.8 Å². The highest BCUT2D eigenvalue weighted by Crippen LogP contribution is 2.32. The van der Waals surface area contributed by atoms with Gasteiger partial charge in [-0.05, 0) is 78.1 Å². The molecule has 2 aliphatic carbocycles. The van der Waals surface area contributed by atoms with Crippen LogP contribution >= 0.6 is 0 Å². The van der Waals surface area contributed by atoms with Crippen molar-refractivity contribution in [2.24, 2.45) is 10.8 Å². The number of carboxylic acid groups (broad SMARTS) is 2. The van der Waals surface area contributed by atoms with E-state index >= 15 is 0 Å². The van der Waals surface area contributed by atoms with E-state index in [1.54, 1.807) is 0 Å². The van der Waals surface area contributed by atoms with Gasteiger partial charge >= 0.3 is 11.9 Å². The Labute approximate surface area is 145 Å². The van der Waals surface area contributed by atoms with Crippen molar-refractivity contribution in [2.75, 3.05) is 0 Å². The number of carboxylic acids is 2. The van der Waals surface area contributed by atoms with Crippen molar-refractivity contribution in [1.29, 1.82) is 0 Å². The van der Waals surface area contributed by atoms with Crippen molar-refractivity contribution in [3.63, 3.8) is 0 Å². The fourth-order valence-corrected chi connectivity index (χ4v) is 3.17. The first-order chi connectivity index (χ1) is 11.3. The molecule has 0 heterocycles. The van der Waals surface area contributed by atoms with E-state index in [2.05, 4.69) is 24.3 Å². The lowest BCUT2D eigenvalue weighted by molar-refractivity contribution is -0.149. The fraction of sp³-hybridized carbons (Fsp3) is 0.700. The van der Waals surface area contributed by atoms with Crippen LogP contribution in [-0.4, -0.2) is 22.2 Å². The molecule has 0 aromatic heterocycles. The first kappa shape index (κ1) is 20.5. The quantitative estimate of drug-likeness (QED) is 0.680. The van der Waals surface area contributed by atoms with Crippen LogP contribution in [0.3, 0.4) is 0 Å². The molecular formula is C20H32O4. The maximum absolute atomic E-state index is 10.9. The standard InChI is InChI=1S/2C10H16O2/c2*1-10(9(11)12)7-5-3-2-4-6-8-10/h2*2-3H,4-8H2,1H3,(H,11,12)/b2*3-2-. The highest BCUT2D eigenvalue weighted by atomic mass is 16.4. The van der Waals surface area contributed by atoms with E-state index in [1.807, 2.05) is 13.8 Å². The minimum absolute atomic E-state index is 0.481. The third kappa shape index (κ3) is 6.50. The van der Waals surface area contributed by atoms with Crippen LogP contribution in [0.25, 0.3) is 0 Å². The summed E-state index contributed by atoms with van der Waals surface area (Å²) in [5, 5.41) is 18.0. The number of hydrogen-bond donors (Lipinski definition) is 2. The molecule has 24 heavy (non-hydrogen) atoms. The third-order valence-electron chi connectivity index (χ3n) is 5.29. The van der Waals surface area contributed by atoms with Crippen LogP contribution in [-0.2, 0) is 9.59 Å². The SMILES string of the molecule is CC1(C(=O)O)CC/C=C\CCC1.CC1(C(=O)O)CC/C=C\CCC1. The average Bonchev–Trinajstić information content (AvgIpc) is 2.47. The maximum atomic E-state index is 10.9. The summed E-state index contributed by atoms with van der Waals surface area (Å²) in [6, 6.07) is 0. The summed E-state index contributed by atoms with van der Waals surface area (Å²) in [4.78, 5) is 21.8. The zero-order valence-electron chi connectivity index (χ0n) is 15.1. The Bertz CT molecular complexity index is 436. The lowest BCUT2D eigenvalue weighted by Gasteiger charge is -2.24. The molecule has 0 saturated heterocycles. The normalized spacial score (nSPS) is 33.4. The molecule has 0 aromatic carbocycles. The predicted molar refractivity (Wildman–Crippen MR) is 95.9 cm³/mol. The first-order valence-corrected chi connectivity index (χ1v) is 9.07. The third-order valence-corrected chi connectivity index (χ3v) is 5.29. The van der Waals surface area contributed by atoms with Gasteiger partial charge in [-0.2, -0.15) is 0 Å². The van der Waals surface area contributed by atoms with Gasteiger partial charge in [-0.25, -0.2) is 0 Å². The smallest absolute Gasteiger partial charge is 0.309 e. The molecule has 2 unspecified atom stereocenters. The van der Waals surface area contributed by atoms with Crippen molar-refractivity contribution < 1.29 is 19.8 Å². The molecule has 2 rings (SSSR count). The molecule has 0 aliphatic heterocycles. The van der Waals surface area contributed by atoms with E-state index < -0.39 is 22.8 Å². The minimum Gasteiger partial charge on any atom is -0.481 e. The Kier molecular flexibility index (Phi) is 8.23. The van der Waals surface area contributed by atoms with Gasteiger partial charge in [0.2, 0.25) is 0 Å². The van der Waals surface area contributed by atoms with E-state index in [-0.39, 0.29) is 0 Å². The lowest BCUT2D eigenvalue weighted by atomic mass is 9.79. The Balaban J connectivity index is 0.000000240. The molecule has 0 spiro atoms. The highest BCUT2D eigenvalue weighted by Gasteiger charge is 2.32. The fourth-order valence-electron chi connectivity index (χ4n) is 3.17. The van der Waals surface area contributed by atoms with Crippen LogP contribution in [0.15, 0.2) is 24.3 Å². The molecule has 2 atom stereocenters. The van der Waals surface area contributed by atoms with Gasteiger partial charge in [-0.15, -0.1) is 0 Å². The Morgan fingerprint density at radius 1 is 0.667 bits per heavy atom. The van der Waals surface area contributed by atoms with Crippen molar-refractivity contribution in [1.82, 2.24) is 0 Å². The monoisotopic (exact) mass is 336 g/mol. The van der Waals surface area contributed by atoms with Crippen LogP contribution in [0.5, 0.6) is 0 Å². The van der Waals surface area contributed by atoms with Crippen LogP contribution in [0.2, 0.25) is 0 Å². The molecule has 4 heteroatoms.